The van der Waals surface area contributed by atoms with Gasteiger partial charge >= 0.3 is 0 Å². The highest BCUT2D eigenvalue weighted by atomic mass is 79.9. The number of aromatic nitrogens is 2. The lowest BCUT2D eigenvalue weighted by Crippen LogP contribution is -2.21. The van der Waals surface area contributed by atoms with Gasteiger partial charge in [0, 0.05) is 34.8 Å². The van der Waals surface area contributed by atoms with Gasteiger partial charge in [-0.2, -0.15) is 0 Å². The van der Waals surface area contributed by atoms with E-state index in [1.165, 1.54) is 10.7 Å². The zero-order chi connectivity index (χ0) is 18.5. The number of hydrogen-bond donors (Lipinski definition) is 2. The fourth-order valence-corrected chi connectivity index (χ4v) is 4.07. The number of nitrogens with one attached hydrogen (secondary N) is 1. The van der Waals surface area contributed by atoms with E-state index in [9.17, 15) is 18.0 Å². The van der Waals surface area contributed by atoms with Crippen LogP contribution in [0.3, 0.4) is 0 Å². The van der Waals surface area contributed by atoms with Crippen LogP contribution in [0.5, 0.6) is 0 Å². The number of H-pyrrole nitrogens is 1. The number of nitrogens with two attached hydrogens (primary N) is 1. The number of nitrogen functional groups attached to an aromatic ring is 1. The molecule has 0 aliphatic heterocycles. The Morgan fingerprint density at radius 3 is 2.60 bits per heavy atom. The van der Waals surface area contributed by atoms with Crippen molar-refractivity contribution in [3.63, 3.8) is 0 Å². The predicted octanol–water partition coefficient (Wildman–Crippen LogP) is 1.71. The summed E-state index contributed by atoms with van der Waals surface area (Å²) in [4.78, 5) is 25.5. The van der Waals surface area contributed by atoms with Crippen LogP contribution in [0.1, 0.15) is 45.9 Å². The minimum atomic E-state index is -3.42. The zero-order valence-electron chi connectivity index (χ0n) is 13.8. The van der Waals surface area contributed by atoms with Crippen LogP contribution in [0.4, 0.5) is 5.69 Å². The van der Waals surface area contributed by atoms with Crippen molar-refractivity contribution in [3.05, 3.63) is 49.3 Å². The quantitative estimate of drug-likeness (QED) is 0.556. The number of rotatable bonds is 5. The van der Waals surface area contributed by atoms with Crippen molar-refractivity contribution in [1.82, 2.24) is 9.78 Å². The van der Waals surface area contributed by atoms with E-state index in [4.69, 9.17) is 5.73 Å². The molecule has 0 saturated heterocycles. The van der Waals surface area contributed by atoms with Crippen LogP contribution < -0.4 is 11.3 Å². The molecule has 9 heteroatoms. The fraction of sp³-hybridized carbons (Fsp3) is 0.375. The Bertz CT molecular complexity index is 1030. The number of carbonyl (C=O) groups is 1. The molecule has 1 aromatic carbocycles. The smallest absolute Gasteiger partial charge is 0.277 e. The van der Waals surface area contributed by atoms with Crippen LogP contribution in [-0.2, 0) is 22.6 Å². The van der Waals surface area contributed by atoms with E-state index in [0.29, 0.717) is 10.2 Å². The van der Waals surface area contributed by atoms with Gasteiger partial charge in [0.1, 0.15) is 5.56 Å². The van der Waals surface area contributed by atoms with E-state index >= 15 is 0 Å². The second kappa shape index (κ2) is 6.14. The Morgan fingerprint density at radius 1 is 1.40 bits per heavy atom. The maximum absolute atomic E-state index is 13.1. The Balaban J connectivity index is 2.19. The number of hydrogen-bond acceptors (Lipinski definition) is 5. The first-order chi connectivity index (χ1) is 11.6. The number of benzene rings is 1. The molecule has 0 bridgehead atoms. The first kappa shape index (κ1) is 17.9. The summed E-state index contributed by atoms with van der Waals surface area (Å²) in [5.41, 5.74) is 6.82. The van der Waals surface area contributed by atoms with Crippen molar-refractivity contribution >= 4 is 37.2 Å². The lowest BCUT2D eigenvalue weighted by Gasteiger charge is -2.12. The summed E-state index contributed by atoms with van der Waals surface area (Å²) in [6.07, 6.45) is 2.91. The summed E-state index contributed by atoms with van der Waals surface area (Å²) in [5.74, 6) is -0.705. The summed E-state index contributed by atoms with van der Waals surface area (Å²) in [6.45, 7) is 0. The molecule has 0 amide bonds. The van der Waals surface area contributed by atoms with Crippen molar-refractivity contribution in [1.29, 1.82) is 0 Å². The van der Waals surface area contributed by atoms with Crippen LogP contribution in [0.25, 0.3) is 0 Å². The number of sulfone groups is 1. The van der Waals surface area contributed by atoms with Crippen molar-refractivity contribution in [2.45, 2.75) is 24.5 Å². The first-order valence-corrected chi connectivity index (χ1v) is 10.5. The minimum absolute atomic E-state index is 0.0708. The monoisotopic (exact) mass is 427 g/mol. The molecule has 134 valence electrons. The molecule has 1 aliphatic rings. The molecule has 0 unspecified atom stereocenters. The fourth-order valence-electron chi connectivity index (χ4n) is 2.86. The van der Waals surface area contributed by atoms with Crippen LogP contribution in [0.2, 0.25) is 0 Å². The number of nitrogens with zero attached hydrogens (tertiary/aromatic N) is 1. The molecule has 3 rings (SSSR count). The van der Waals surface area contributed by atoms with Crippen molar-refractivity contribution in [3.8, 4) is 0 Å². The van der Waals surface area contributed by atoms with Gasteiger partial charge in [-0.25, -0.2) is 8.42 Å². The Kier molecular flexibility index (Phi) is 4.40. The molecule has 25 heavy (non-hydrogen) atoms. The summed E-state index contributed by atoms with van der Waals surface area (Å²) in [7, 11) is -1.86. The number of ketones is 1. The van der Waals surface area contributed by atoms with Gasteiger partial charge in [0.2, 0.25) is 5.78 Å². The second-order valence-electron chi connectivity index (χ2n) is 6.43. The molecule has 1 fully saturated rings. The average Bonchev–Trinajstić information content (AvgIpc) is 3.30. The third-order valence-corrected chi connectivity index (χ3v) is 5.75. The molecule has 0 radical (unpaired) electrons. The van der Waals surface area contributed by atoms with E-state index in [1.54, 1.807) is 13.1 Å². The van der Waals surface area contributed by atoms with Crippen LogP contribution in [-0.4, -0.2) is 30.2 Å². The summed E-state index contributed by atoms with van der Waals surface area (Å²) in [6, 6.07) is 3.09. The SMILES string of the molecule is Cn1[nH]c(C2CC2)c(C(=O)c2ccc(Br)c(N)c2CS(C)(=O)=O)c1=O. The number of halogens is 1. The summed E-state index contributed by atoms with van der Waals surface area (Å²) in [5, 5.41) is 2.94. The van der Waals surface area contributed by atoms with E-state index < -0.39 is 21.2 Å². The van der Waals surface area contributed by atoms with Gasteiger partial charge in [0.05, 0.1) is 17.1 Å². The molecule has 0 atom stereocenters. The molecule has 7 nitrogen and oxygen atoms in total. The second-order valence-corrected chi connectivity index (χ2v) is 9.42. The topological polar surface area (TPSA) is 115 Å². The number of aromatic amines is 1. The molecule has 1 heterocycles. The third-order valence-electron chi connectivity index (χ3n) is 4.24. The van der Waals surface area contributed by atoms with Gasteiger partial charge in [-0.15, -0.1) is 0 Å². The average molecular weight is 428 g/mol. The standard InChI is InChI=1S/C16H18BrN3O4S/c1-20-16(22)12(14(19-20)8-3-4-8)15(21)9-5-6-11(17)13(18)10(9)7-25(2,23)24/h5-6,8,19H,3-4,7,18H2,1-2H3. The van der Waals surface area contributed by atoms with Gasteiger partial charge in [-0.1, -0.05) is 0 Å². The molecular formula is C16H18BrN3O4S. The molecule has 1 aliphatic carbocycles. The lowest BCUT2D eigenvalue weighted by atomic mass is 9.97. The van der Waals surface area contributed by atoms with Crippen LogP contribution >= 0.6 is 15.9 Å². The van der Waals surface area contributed by atoms with Crippen LogP contribution in [0.15, 0.2) is 21.4 Å². The summed E-state index contributed by atoms with van der Waals surface area (Å²) < 4.78 is 25.3. The number of anilines is 1. The van der Waals surface area contributed by atoms with Crippen LogP contribution in [0, 0.1) is 0 Å². The molecule has 1 saturated carbocycles. The first-order valence-electron chi connectivity index (χ1n) is 7.68. The predicted molar refractivity (Wildman–Crippen MR) is 98.5 cm³/mol. The summed E-state index contributed by atoms with van der Waals surface area (Å²) >= 11 is 3.26. The van der Waals surface area contributed by atoms with Crippen molar-refractivity contribution < 1.29 is 13.2 Å². The molecule has 3 N–H and O–H groups in total. The van der Waals surface area contributed by atoms with Crippen molar-refractivity contribution in [2.24, 2.45) is 7.05 Å². The zero-order valence-corrected chi connectivity index (χ0v) is 16.2. The van der Waals surface area contributed by atoms with E-state index in [0.717, 1.165) is 19.1 Å². The Hall–Kier alpha value is -1.87. The van der Waals surface area contributed by atoms with Gasteiger partial charge in [0.15, 0.2) is 9.84 Å². The van der Waals surface area contributed by atoms with E-state index in [1.807, 2.05) is 0 Å². The van der Waals surface area contributed by atoms with Crippen molar-refractivity contribution in [2.75, 3.05) is 12.0 Å². The highest BCUT2D eigenvalue weighted by Gasteiger charge is 2.34. The molecule has 1 aromatic heterocycles. The third kappa shape index (κ3) is 3.43. The highest BCUT2D eigenvalue weighted by Crippen LogP contribution is 2.40. The number of carbonyl (C=O) groups excluding carboxylic acids is 1. The molecule has 2 aromatic rings. The highest BCUT2D eigenvalue weighted by molar-refractivity contribution is 9.10. The molecule has 0 spiro atoms. The normalized spacial score (nSPS) is 14.7. The maximum atomic E-state index is 13.1. The molecular weight excluding hydrogens is 410 g/mol. The van der Waals surface area contributed by atoms with Gasteiger partial charge in [-0.3, -0.25) is 19.4 Å². The van der Waals surface area contributed by atoms with E-state index in [-0.39, 0.29) is 34.0 Å². The lowest BCUT2D eigenvalue weighted by molar-refractivity contribution is 0.103. The Labute approximate surface area is 153 Å². The largest absolute Gasteiger partial charge is 0.398 e. The Morgan fingerprint density at radius 2 is 2.04 bits per heavy atom. The number of aryl methyl sites for hydroxylation is 1. The van der Waals surface area contributed by atoms with E-state index in [2.05, 4.69) is 21.0 Å². The minimum Gasteiger partial charge on any atom is -0.398 e. The van der Waals surface area contributed by atoms with Gasteiger partial charge in [0.25, 0.3) is 5.56 Å². The maximum Gasteiger partial charge on any atom is 0.277 e. The van der Waals surface area contributed by atoms with Gasteiger partial charge < -0.3 is 5.73 Å². The van der Waals surface area contributed by atoms with Gasteiger partial charge in [-0.05, 0) is 40.9 Å².